The largest absolute Gasteiger partial charge is 0.506 e. The molecular weight excluding hydrogens is 220 g/mol. The van der Waals surface area contributed by atoms with Crippen LogP contribution < -0.4 is 15.4 Å². The molecule has 0 saturated carbocycles. The van der Waals surface area contributed by atoms with E-state index in [1.54, 1.807) is 6.07 Å². The monoisotopic (exact) mass is 234 g/mol. The summed E-state index contributed by atoms with van der Waals surface area (Å²) in [6.07, 6.45) is 5.03. The molecule has 0 saturated heterocycles. The van der Waals surface area contributed by atoms with E-state index >= 15 is 0 Å². The minimum absolute atomic E-state index is 0.0175. The molecule has 17 heavy (non-hydrogen) atoms. The van der Waals surface area contributed by atoms with Gasteiger partial charge in [-0.15, -0.1) is 6.42 Å². The Labute approximate surface area is 99.8 Å². The normalized spacial score (nSPS) is 9.41. The molecule has 0 unspecified atom stereocenters. The first-order valence-electron chi connectivity index (χ1n) is 4.98. The van der Waals surface area contributed by atoms with Crippen LogP contribution in [0.25, 0.3) is 0 Å². The van der Waals surface area contributed by atoms with Gasteiger partial charge in [-0.1, -0.05) is 5.92 Å². The van der Waals surface area contributed by atoms with E-state index in [0.717, 1.165) is 0 Å². The first-order chi connectivity index (χ1) is 8.17. The van der Waals surface area contributed by atoms with Crippen LogP contribution in [-0.2, 0) is 4.79 Å². The summed E-state index contributed by atoms with van der Waals surface area (Å²) in [5.41, 5.74) is 0.303. The number of phenolic OH excluding ortho intramolecular Hbond substituents is 1. The third-order valence-electron chi connectivity index (χ3n) is 1.99. The molecular formula is C12H14N2O3. The molecule has 0 aliphatic rings. The summed E-state index contributed by atoms with van der Waals surface area (Å²) >= 11 is 0. The molecule has 0 radical (unpaired) electrons. The minimum atomic E-state index is -0.288. The van der Waals surface area contributed by atoms with Crippen LogP contribution in [0.4, 0.5) is 5.69 Å². The van der Waals surface area contributed by atoms with Gasteiger partial charge in [0.1, 0.15) is 11.5 Å². The average Bonchev–Trinajstić information content (AvgIpc) is 2.32. The van der Waals surface area contributed by atoms with E-state index in [1.807, 2.05) is 0 Å². The number of anilines is 1. The van der Waals surface area contributed by atoms with Crippen molar-refractivity contribution in [2.75, 3.05) is 25.5 Å². The zero-order valence-electron chi connectivity index (χ0n) is 9.49. The molecule has 1 amide bonds. The second-order valence-electron chi connectivity index (χ2n) is 3.24. The van der Waals surface area contributed by atoms with Crippen molar-refractivity contribution in [3.8, 4) is 23.8 Å². The number of amides is 1. The van der Waals surface area contributed by atoms with E-state index in [1.165, 1.54) is 19.2 Å². The fourth-order valence-corrected chi connectivity index (χ4v) is 1.18. The van der Waals surface area contributed by atoms with Gasteiger partial charge in [0, 0.05) is 6.07 Å². The van der Waals surface area contributed by atoms with E-state index < -0.39 is 0 Å². The Morgan fingerprint density at radius 3 is 3.00 bits per heavy atom. The van der Waals surface area contributed by atoms with Crippen molar-refractivity contribution in [3.05, 3.63) is 18.2 Å². The molecule has 0 aliphatic heterocycles. The molecule has 0 atom stereocenters. The average molecular weight is 234 g/mol. The first-order valence-corrected chi connectivity index (χ1v) is 4.98. The zero-order valence-corrected chi connectivity index (χ0v) is 9.49. The lowest BCUT2D eigenvalue weighted by atomic mass is 10.2. The smallest absolute Gasteiger partial charge is 0.238 e. The highest BCUT2D eigenvalue weighted by molar-refractivity contribution is 5.93. The van der Waals surface area contributed by atoms with Crippen LogP contribution >= 0.6 is 0 Å². The molecule has 0 spiro atoms. The molecule has 1 aromatic carbocycles. The van der Waals surface area contributed by atoms with Crippen LogP contribution in [0, 0.1) is 12.3 Å². The van der Waals surface area contributed by atoms with Gasteiger partial charge < -0.3 is 15.2 Å². The maximum absolute atomic E-state index is 11.4. The number of phenols is 1. The molecule has 3 N–H and O–H groups in total. The van der Waals surface area contributed by atoms with Gasteiger partial charge in [-0.3, -0.25) is 10.1 Å². The lowest BCUT2D eigenvalue weighted by Gasteiger charge is -2.09. The van der Waals surface area contributed by atoms with Gasteiger partial charge in [-0.25, -0.2) is 0 Å². The number of hydrogen-bond donors (Lipinski definition) is 3. The van der Waals surface area contributed by atoms with Crippen LogP contribution in [0.5, 0.6) is 11.5 Å². The number of nitrogens with one attached hydrogen (secondary N) is 2. The van der Waals surface area contributed by atoms with Crippen molar-refractivity contribution >= 4 is 11.6 Å². The fraction of sp³-hybridized carbons (Fsp3) is 0.250. The van der Waals surface area contributed by atoms with Crippen molar-refractivity contribution in [3.63, 3.8) is 0 Å². The van der Waals surface area contributed by atoms with E-state index in [4.69, 9.17) is 11.2 Å². The number of ether oxygens (including phenoxy) is 1. The standard InChI is InChI=1S/C12H14N2O3/c1-3-6-13-8-12(16)14-10-7-9(17-2)4-5-11(10)15/h1,4-5,7,13,15H,6,8H2,2H3,(H,14,16). The lowest BCUT2D eigenvalue weighted by Crippen LogP contribution is -2.28. The Hall–Kier alpha value is -2.19. The molecule has 0 fully saturated rings. The maximum Gasteiger partial charge on any atom is 0.238 e. The minimum Gasteiger partial charge on any atom is -0.506 e. The Morgan fingerprint density at radius 1 is 1.59 bits per heavy atom. The third kappa shape index (κ3) is 4.05. The van der Waals surface area contributed by atoms with E-state index in [9.17, 15) is 9.90 Å². The van der Waals surface area contributed by atoms with Crippen LogP contribution in [0.15, 0.2) is 18.2 Å². The van der Waals surface area contributed by atoms with Crippen molar-refractivity contribution in [2.45, 2.75) is 0 Å². The maximum atomic E-state index is 11.4. The quantitative estimate of drug-likeness (QED) is 0.395. The van der Waals surface area contributed by atoms with Gasteiger partial charge in [-0.2, -0.15) is 0 Å². The van der Waals surface area contributed by atoms with Gasteiger partial charge in [0.2, 0.25) is 5.91 Å². The molecule has 0 bridgehead atoms. The first kappa shape index (κ1) is 12.9. The van der Waals surface area contributed by atoms with Gasteiger partial charge in [0.05, 0.1) is 25.9 Å². The molecule has 5 nitrogen and oxygen atoms in total. The summed E-state index contributed by atoms with van der Waals surface area (Å²) in [5.74, 6) is 2.60. The summed E-state index contributed by atoms with van der Waals surface area (Å²) in [6, 6.07) is 4.58. The second kappa shape index (κ2) is 6.40. The SMILES string of the molecule is C#CCNCC(=O)Nc1cc(OC)ccc1O. The van der Waals surface area contributed by atoms with E-state index in [2.05, 4.69) is 16.6 Å². The fourth-order valence-electron chi connectivity index (χ4n) is 1.18. The molecule has 0 aromatic heterocycles. The Bertz CT molecular complexity index is 438. The molecule has 1 rings (SSSR count). The van der Waals surface area contributed by atoms with Crippen molar-refractivity contribution < 1.29 is 14.6 Å². The van der Waals surface area contributed by atoms with Gasteiger partial charge in [-0.05, 0) is 12.1 Å². The molecule has 0 heterocycles. The highest BCUT2D eigenvalue weighted by Crippen LogP contribution is 2.27. The topological polar surface area (TPSA) is 70.6 Å². The lowest BCUT2D eigenvalue weighted by molar-refractivity contribution is -0.115. The van der Waals surface area contributed by atoms with Crippen LogP contribution in [-0.4, -0.2) is 31.2 Å². The van der Waals surface area contributed by atoms with Gasteiger partial charge in [0.25, 0.3) is 0 Å². The number of carbonyl (C=O) groups is 1. The Balaban J connectivity index is 2.61. The summed E-state index contributed by atoms with van der Waals surface area (Å²) in [7, 11) is 1.51. The number of hydrogen-bond acceptors (Lipinski definition) is 4. The van der Waals surface area contributed by atoms with Crippen molar-refractivity contribution in [2.24, 2.45) is 0 Å². The van der Waals surface area contributed by atoms with E-state index in [0.29, 0.717) is 18.0 Å². The van der Waals surface area contributed by atoms with E-state index in [-0.39, 0.29) is 18.2 Å². The van der Waals surface area contributed by atoms with Crippen LogP contribution in [0.2, 0.25) is 0 Å². The number of methoxy groups -OCH3 is 1. The summed E-state index contributed by atoms with van der Waals surface area (Å²) < 4.78 is 4.99. The van der Waals surface area contributed by atoms with Crippen LogP contribution in [0.3, 0.4) is 0 Å². The van der Waals surface area contributed by atoms with Crippen LogP contribution in [0.1, 0.15) is 0 Å². The summed E-state index contributed by atoms with van der Waals surface area (Å²) in [4.78, 5) is 11.4. The predicted octanol–water partition coefficient (Wildman–Crippen LogP) is 0.562. The number of carbonyl (C=O) groups excluding carboxylic acids is 1. The number of rotatable bonds is 5. The van der Waals surface area contributed by atoms with Crippen molar-refractivity contribution in [1.29, 1.82) is 0 Å². The summed E-state index contributed by atoms with van der Waals surface area (Å²) in [6.45, 7) is 0.401. The van der Waals surface area contributed by atoms with Gasteiger partial charge >= 0.3 is 0 Å². The number of terminal acetylenes is 1. The highest BCUT2D eigenvalue weighted by atomic mass is 16.5. The molecule has 1 aromatic rings. The summed E-state index contributed by atoms with van der Waals surface area (Å²) in [5, 5.41) is 14.8. The number of benzene rings is 1. The predicted molar refractivity (Wildman–Crippen MR) is 65.0 cm³/mol. The molecule has 0 aliphatic carbocycles. The molecule has 5 heteroatoms. The zero-order chi connectivity index (χ0) is 12.7. The number of aromatic hydroxyl groups is 1. The highest BCUT2D eigenvalue weighted by Gasteiger charge is 2.07. The molecule has 90 valence electrons. The Morgan fingerprint density at radius 2 is 2.35 bits per heavy atom. The third-order valence-corrected chi connectivity index (χ3v) is 1.99. The second-order valence-corrected chi connectivity index (χ2v) is 3.24. The van der Waals surface area contributed by atoms with Gasteiger partial charge in [0.15, 0.2) is 0 Å². The van der Waals surface area contributed by atoms with Crippen molar-refractivity contribution in [1.82, 2.24) is 5.32 Å². The Kier molecular flexibility index (Phi) is 4.85.